The summed E-state index contributed by atoms with van der Waals surface area (Å²) < 4.78 is 1.77. The lowest BCUT2D eigenvalue weighted by Gasteiger charge is -2.04. The van der Waals surface area contributed by atoms with Crippen LogP contribution in [0.4, 0.5) is 0 Å². The summed E-state index contributed by atoms with van der Waals surface area (Å²) in [5.41, 5.74) is 1.59. The topological polar surface area (TPSA) is 67.2 Å². The molecule has 118 valence electrons. The van der Waals surface area contributed by atoms with Crippen LogP contribution in [0.1, 0.15) is 44.4 Å². The van der Waals surface area contributed by atoms with E-state index in [0.717, 1.165) is 30.6 Å². The number of aliphatic hydroxyl groups excluding tert-OH is 1. The Morgan fingerprint density at radius 2 is 2.29 bits per heavy atom. The number of halogens is 1. The molecule has 1 aromatic rings. The van der Waals surface area contributed by atoms with Gasteiger partial charge in [-0.15, -0.1) is 0 Å². The number of nitrogens with one attached hydrogen (secondary N) is 1. The number of hydrogen-bond acceptors (Lipinski definition) is 3. The summed E-state index contributed by atoms with van der Waals surface area (Å²) in [4.78, 5) is 11.6. The fourth-order valence-corrected chi connectivity index (χ4v) is 2.16. The lowest BCUT2D eigenvalue weighted by atomic mass is 10.2. The van der Waals surface area contributed by atoms with E-state index in [1.165, 1.54) is 6.08 Å². The first-order valence-electron chi connectivity index (χ1n) is 7.32. The smallest absolute Gasteiger partial charge is 0.244 e. The Bertz CT molecular complexity index is 495. The van der Waals surface area contributed by atoms with Gasteiger partial charge in [-0.25, -0.2) is 0 Å². The molecule has 2 N–H and O–H groups in total. The van der Waals surface area contributed by atoms with Gasteiger partial charge in [0, 0.05) is 24.7 Å². The van der Waals surface area contributed by atoms with Crippen molar-refractivity contribution in [2.45, 2.75) is 52.7 Å². The number of nitrogens with zero attached hydrogens (tertiary/aromatic N) is 2. The first kappa shape index (κ1) is 17.7. The number of unbranched alkanes of at least 4 members (excludes halogenated alkanes) is 1. The summed E-state index contributed by atoms with van der Waals surface area (Å²) in [5, 5.41) is 16.8. The van der Waals surface area contributed by atoms with Gasteiger partial charge >= 0.3 is 0 Å². The minimum atomic E-state index is -0.414. The lowest BCUT2D eigenvalue weighted by Crippen LogP contribution is -2.24. The Morgan fingerprint density at radius 1 is 1.57 bits per heavy atom. The van der Waals surface area contributed by atoms with E-state index in [0.29, 0.717) is 18.1 Å². The number of carbonyl (C=O) groups is 1. The van der Waals surface area contributed by atoms with Crippen LogP contribution in [0.3, 0.4) is 0 Å². The standard InChI is InChI=1S/C15H24ClN3O2/c1-4-5-10-19-15(16)13(12(3)18-19)6-7-14(21)17-9-8-11(2)20/h6-7,11,20H,4-5,8-10H2,1-3H3,(H,17,21). The molecule has 0 radical (unpaired) electrons. The minimum absolute atomic E-state index is 0.201. The molecule has 0 fully saturated rings. The molecule has 0 saturated heterocycles. The van der Waals surface area contributed by atoms with Crippen LogP contribution in [0.15, 0.2) is 6.08 Å². The van der Waals surface area contributed by atoms with Gasteiger partial charge in [0.25, 0.3) is 0 Å². The largest absolute Gasteiger partial charge is 0.393 e. The summed E-state index contributed by atoms with van der Waals surface area (Å²) in [5.74, 6) is -0.201. The number of hydrogen-bond donors (Lipinski definition) is 2. The third-order valence-electron chi connectivity index (χ3n) is 3.10. The Labute approximate surface area is 131 Å². The van der Waals surface area contributed by atoms with Crippen LogP contribution < -0.4 is 5.32 Å². The van der Waals surface area contributed by atoms with E-state index in [4.69, 9.17) is 16.7 Å². The van der Waals surface area contributed by atoms with Crippen molar-refractivity contribution >= 4 is 23.6 Å². The van der Waals surface area contributed by atoms with E-state index in [2.05, 4.69) is 17.3 Å². The second-order valence-electron chi connectivity index (χ2n) is 5.13. The van der Waals surface area contributed by atoms with Crippen molar-refractivity contribution in [2.75, 3.05) is 6.54 Å². The van der Waals surface area contributed by atoms with Crippen molar-refractivity contribution in [3.05, 3.63) is 22.5 Å². The van der Waals surface area contributed by atoms with Crippen LogP contribution in [-0.4, -0.2) is 33.4 Å². The Hall–Kier alpha value is -1.33. The molecular weight excluding hydrogens is 290 g/mol. The fourth-order valence-electron chi connectivity index (χ4n) is 1.83. The minimum Gasteiger partial charge on any atom is -0.393 e. The van der Waals surface area contributed by atoms with Crippen molar-refractivity contribution < 1.29 is 9.90 Å². The predicted octanol–water partition coefficient (Wildman–Crippen LogP) is 2.55. The highest BCUT2D eigenvalue weighted by Crippen LogP contribution is 2.21. The molecular formula is C15H24ClN3O2. The third kappa shape index (κ3) is 5.89. The molecule has 6 heteroatoms. The first-order chi connectivity index (χ1) is 9.95. The van der Waals surface area contributed by atoms with Gasteiger partial charge < -0.3 is 10.4 Å². The van der Waals surface area contributed by atoms with Crippen LogP contribution in [0, 0.1) is 6.92 Å². The summed E-state index contributed by atoms with van der Waals surface area (Å²) >= 11 is 6.28. The highest BCUT2D eigenvalue weighted by Gasteiger charge is 2.10. The molecule has 1 amide bonds. The number of aliphatic hydroxyl groups is 1. The van der Waals surface area contributed by atoms with Gasteiger partial charge in [0.05, 0.1) is 11.8 Å². The molecule has 1 aromatic heterocycles. The van der Waals surface area contributed by atoms with Crippen LogP contribution in [-0.2, 0) is 11.3 Å². The molecule has 0 bridgehead atoms. The Morgan fingerprint density at radius 3 is 2.90 bits per heavy atom. The van der Waals surface area contributed by atoms with Crippen LogP contribution >= 0.6 is 11.6 Å². The zero-order valence-corrected chi connectivity index (χ0v) is 13.7. The number of aryl methyl sites for hydroxylation is 2. The predicted molar refractivity (Wildman–Crippen MR) is 85.2 cm³/mol. The molecule has 1 unspecified atom stereocenters. The molecule has 21 heavy (non-hydrogen) atoms. The molecule has 0 saturated carbocycles. The van der Waals surface area contributed by atoms with Gasteiger partial charge in [-0.3, -0.25) is 9.48 Å². The van der Waals surface area contributed by atoms with E-state index in [1.807, 2.05) is 6.92 Å². The highest BCUT2D eigenvalue weighted by molar-refractivity contribution is 6.31. The van der Waals surface area contributed by atoms with Gasteiger partial charge in [-0.05, 0) is 32.8 Å². The van der Waals surface area contributed by atoms with Crippen molar-refractivity contribution in [1.82, 2.24) is 15.1 Å². The SMILES string of the molecule is CCCCn1nc(C)c(C=CC(=O)NCCC(C)O)c1Cl. The lowest BCUT2D eigenvalue weighted by molar-refractivity contribution is -0.116. The van der Waals surface area contributed by atoms with E-state index in [-0.39, 0.29) is 5.91 Å². The monoisotopic (exact) mass is 313 g/mol. The maximum absolute atomic E-state index is 11.6. The third-order valence-corrected chi connectivity index (χ3v) is 3.49. The number of carbonyl (C=O) groups excluding carboxylic acids is 1. The quantitative estimate of drug-likeness (QED) is 0.725. The van der Waals surface area contributed by atoms with Crippen molar-refractivity contribution in [3.8, 4) is 0 Å². The van der Waals surface area contributed by atoms with E-state index >= 15 is 0 Å². The molecule has 0 aliphatic carbocycles. The zero-order valence-electron chi connectivity index (χ0n) is 12.9. The van der Waals surface area contributed by atoms with Gasteiger partial charge in [0.2, 0.25) is 5.91 Å². The van der Waals surface area contributed by atoms with E-state index in [1.54, 1.807) is 17.7 Å². The van der Waals surface area contributed by atoms with Crippen molar-refractivity contribution in [3.63, 3.8) is 0 Å². The summed E-state index contributed by atoms with van der Waals surface area (Å²) in [7, 11) is 0. The molecule has 1 heterocycles. The first-order valence-corrected chi connectivity index (χ1v) is 7.70. The summed E-state index contributed by atoms with van der Waals surface area (Å²) in [6, 6.07) is 0. The average Bonchev–Trinajstić information content (AvgIpc) is 2.68. The fraction of sp³-hybridized carbons (Fsp3) is 0.600. The van der Waals surface area contributed by atoms with E-state index in [9.17, 15) is 4.79 Å². The second-order valence-corrected chi connectivity index (χ2v) is 5.49. The number of aromatic nitrogens is 2. The zero-order chi connectivity index (χ0) is 15.8. The van der Waals surface area contributed by atoms with Crippen LogP contribution in [0.2, 0.25) is 5.15 Å². The van der Waals surface area contributed by atoms with Crippen LogP contribution in [0.5, 0.6) is 0 Å². The molecule has 1 atom stereocenters. The summed E-state index contributed by atoms with van der Waals surface area (Å²) in [6.07, 6.45) is 5.35. The van der Waals surface area contributed by atoms with Gasteiger partial charge in [-0.2, -0.15) is 5.10 Å². The summed E-state index contributed by atoms with van der Waals surface area (Å²) in [6.45, 7) is 6.91. The van der Waals surface area contributed by atoms with Gasteiger partial charge in [0.1, 0.15) is 5.15 Å². The normalized spacial score (nSPS) is 12.8. The number of rotatable bonds is 8. The molecule has 5 nitrogen and oxygen atoms in total. The second kappa shape index (κ2) is 8.85. The van der Waals surface area contributed by atoms with E-state index < -0.39 is 6.10 Å². The average molecular weight is 314 g/mol. The molecule has 0 aromatic carbocycles. The molecule has 0 spiro atoms. The van der Waals surface area contributed by atoms with Crippen LogP contribution in [0.25, 0.3) is 6.08 Å². The maximum Gasteiger partial charge on any atom is 0.244 e. The van der Waals surface area contributed by atoms with Crippen molar-refractivity contribution in [1.29, 1.82) is 0 Å². The maximum atomic E-state index is 11.6. The molecule has 0 aliphatic rings. The highest BCUT2D eigenvalue weighted by atomic mass is 35.5. The number of amides is 1. The van der Waals surface area contributed by atoms with Gasteiger partial charge in [0.15, 0.2) is 0 Å². The molecule has 0 aliphatic heterocycles. The van der Waals surface area contributed by atoms with Gasteiger partial charge in [-0.1, -0.05) is 24.9 Å². The molecule has 1 rings (SSSR count). The van der Waals surface area contributed by atoms with Crippen molar-refractivity contribution in [2.24, 2.45) is 0 Å². The Kier molecular flexibility index (Phi) is 7.47. The Balaban J connectivity index is 2.63.